The number of carbonyl (C=O) groups is 1. The Hall–Kier alpha value is -2.17. The number of rotatable bonds is 3. The lowest BCUT2D eigenvalue weighted by Gasteiger charge is -2.22. The summed E-state index contributed by atoms with van der Waals surface area (Å²) >= 11 is 1.48. The van der Waals surface area contributed by atoms with Crippen LogP contribution in [0.2, 0.25) is 0 Å². The molecule has 116 valence electrons. The second-order valence-electron chi connectivity index (χ2n) is 6.18. The summed E-state index contributed by atoms with van der Waals surface area (Å²) in [5, 5.41) is 14.7. The van der Waals surface area contributed by atoms with E-state index in [-0.39, 0.29) is 12.5 Å². The van der Waals surface area contributed by atoms with E-state index >= 15 is 0 Å². The Morgan fingerprint density at radius 3 is 2.43 bits per heavy atom. The van der Waals surface area contributed by atoms with Crippen LogP contribution in [0, 0.1) is 0 Å². The molecule has 2 aromatic carbocycles. The van der Waals surface area contributed by atoms with Crippen LogP contribution in [0.3, 0.4) is 0 Å². The summed E-state index contributed by atoms with van der Waals surface area (Å²) in [7, 11) is 0. The Balaban J connectivity index is 1.46. The Kier molecular flexibility index (Phi) is 3.43. The zero-order valence-corrected chi connectivity index (χ0v) is 13.4. The highest BCUT2D eigenvalue weighted by atomic mass is 32.1. The van der Waals surface area contributed by atoms with Gasteiger partial charge in [0.25, 0.3) is 5.91 Å². The second kappa shape index (κ2) is 5.48. The number of nitrogens with one attached hydrogen (secondary N) is 1. The van der Waals surface area contributed by atoms with Crippen molar-refractivity contribution in [3.05, 3.63) is 70.6 Å². The molecule has 0 bridgehead atoms. The van der Waals surface area contributed by atoms with Crippen LogP contribution in [-0.4, -0.2) is 23.2 Å². The van der Waals surface area contributed by atoms with E-state index in [1.165, 1.54) is 22.5 Å². The van der Waals surface area contributed by atoms with Gasteiger partial charge in [-0.2, -0.15) is 0 Å². The summed E-state index contributed by atoms with van der Waals surface area (Å²) in [5.74, 6) is -0.115. The summed E-state index contributed by atoms with van der Waals surface area (Å²) in [4.78, 5) is 13.1. The minimum absolute atomic E-state index is 0.115. The molecule has 0 spiro atoms. The van der Waals surface area contributed by atoms with Gasteiger partial charge >= 0.3 is 0 Å². The van der Waals surface area contributed by atoms with E-state index in [0.29, 0.717) is 17.7 Å². The van der Waals surface area contributed by atoms with Crippen molar-refractivity contribution in [1.82, 2.24) is 5.32 Å². The molecule has 0 atom stereocenters. The summed E-state index contributed by atoms with van der Waals surface area (Å²) in [6, 6.07) is 17.9. The van der Waals surface area contributed by atoms with Gasteiger partial charge in [0, 0.05) is 24.1 Å². The maximum atomic E-state index is 12.4. The van der Waals surface area contributed by atoms with Crippen LogP contribution in [0.1, 0.15) is 20.8 Å². The molecule has 3 aromatic rings. The SMILES string of the molecule is O=C(NCC1(O)Cc2ccccc2C1)c1cc2ccccc2s1. The molecule has 0 aliphatic heterocycles. The Bertz CT molecular complexity index is 826. The topological polar surface area (TPSA) is 49.3 Å². The van der Waals surface area contributed by atoms with Gasteiger partial charge in [-0.1, -0.05) is 42.5 Å². The zero-order chi connectivity index (χ0) is 15.9. The summed E-state index contributed by atoms with van der Waals surface area (Å²) in [5.41, 5.74) is 1.47. The molecule has 0 saturated heterocycles. The van der Waals surface area contributed by atoms with Gasteiger partial charge < -0.3 is 10.4 Å². The van der Waals surface area contributed by atoms with E-state index in [9.17, 15) is 9.90 Å². The maximum absolute atomic E-state index is 12.4. The normalized spacial score (nSPS) is 15.5. The van der Waals surface area contributed by atoms with Crippen LogP contribution in [0.25, 0.3) is 10.1 Å². The number of fused-ring (bicyclic) bond motifs is 2. The number of hydrogen-bond donors (Lipinski definition) is 2. The first-order chi connectivity index (χ1) is 11.1. The van der Waals surface area contributed by atoms with Crippen LogP contribution in [0.4, 0.5) is 0 Å². The lowest BCUT2D eigenvalue weighted by atomic mass is 10.0. The van der Waals surface area contributed by atoms with Gasteiger partial charge in [-0.05, 0) is 28.6 Å². The minimum Gasteiger partial charge on any atom is -0.387 e. The van der Waals surface area contributed by atoms with Crippen molar-refractivity contribution in [2.24, 2.45) is 0 Å². The Labute approximate surface area is 138 Å². The summed E-state index contributed by atoms with van der Waals surface area (Å²) in [6.07, 6.45) is 1.19. The summed E-state index contributed by atoms with van der Waals surface area (Å²) < 4.78 is 1.10. The molecule has 3 nitrogen and oxygen atoms in total. The van der Waals surface area contributed by atoms with Crippen molar-refractivity contribution in [1.29, 1.82) is 0 Å². The fraction of sp³-hybridized carbons (Fsp3) is 0.211. The van der Waals surface area contributed by atoms with Crippen molar-refractivity contribution in [2.75, 3.05) is 6.54 Å². The van der Waals surface area contributed by atoms with Crippen LogP contribution >= 0.6 is 11.3 Å². The van der Waals surface area contributed by atoms with E-state index in [1.807, 2.05) is 54.6 Å². The number of amides is 1. The third kappa shape index (κ3) is 2.76. The molecule has 1 amide bonds. The number of benzene rings is 2. The minimum atomic E-state index is -0.879. The van der Waals surface area contributed by atoms with Gasteiger partial charge in [0.05, 0.1) is 10.5 Å². The van der Waals surface area contributed by atoms with Crippen molar-refractivity contribution < 1.29 is 9.90 Å². The number of hydrogen-bond acceptors (Lipinski definition) is 3. The monoisotopic (exact) mass is 323 g/mol. The van der Waals surface area contributed by atoms with Crippen LogP contribution in [0.15, 0.2) is 54.6 Å². The van der Waals surface area contributed by atoms with Gasteiger partial charge in [-0.15, -0.1) is 11.3 Å². The number of carbonyl (C=O) groups excluding carboxylic acids is 1. The molecule has 4 rings (SSSR count). The number of aliphatic hydroxyl groups is 1. The summed E-state index contributed by atoms with van der Waals surface area (Å²) in [6.45, 7) is 0.273. The van der Waals surface area contributed by atoms with Gasteiger partial charge in [-0.3, -0.25) is 4.79 Å². The van der Waals surface area contributed by atoms with E-state index in [1.54, 1.807) is 0 Å². The van der Waals surface area contributed by atoms with Gasteiger partial charge in [-0.25, -0.2) is 0 Å². The first-order valence-electron chi connectivity index (χ1n) is 7.69. The highest BCUT2D eigenvalue weighted by Crippen LogP contribution is 2.30. The first kappa shape index (κ1) is 14.4. The quantitative estimate of drug-likeness (QED) is 0.778. The maximum Gasteiger partial charge on any atom is 0.261 e. The third-order valence-electron chi connectivity index (χ3n) is 4.38. The number of thiophene rings is 1. The molecule has 1 aliphatic rings. The highest BCUT2D eigenvalue weighted by Gasteiger charge is 2.35. The standard InChI is InChI=1S/C19H17NO2S/c21-18(17-9-13-5-3-4-8-16(13)23-17)20-12-19(22)10-14-6-1-2-7-15(14)11-19/h1-9,22H,10-12H2,(H,20,21). The van der Waals surface area contributed by atoms with Crippen LogP contribution in [0.5, 0.6) is 0 Å². The van der Waals surface area contributed by atoms with Crippen molar-refractivity contribution >= 4 is 27.3 Å². The van der Waals surface area contributed by atoms with Gasteiger partial charge in [0.2, 0.25) is 0 Å². The molecule has 0 saturated carbocycles. The molecule has 23 heavy (non-hydrogen) atoms. The second-order valence-corrected chi connectivity index (χ2v) is 7.26. The lowest BCUT2D eigenvalue weighted by molar-refractivity contribution is 0.0481. The Morgan fingerprint density at radius 1 is 1.09 bits per heavy atom. The molecule has 1 aromatic heterocycles. The molecule has 1 heterocycles. The van der Waals surface area contributed by atoms with E-state index < -0.39 is 5.60 Å². The van der Waals surface area contributed by atoms with Crippen LogP contribution < -0.4 is 5.32 Å². The van der Waals surface area contributed by atoms with E-state index in [4.69, 9.17) is 0 Å². The predicted octanol–water partition coefficient (Wildman–Crippen LogP) is 3.16. The molecule has 2 N–H and O–H groups in total. The van der Waals surface area contributed by atoms with Gasteiger partial charge in [0.15, 0.2) is 0 Å². The largest absolute Gasteiger partial charge is 0.387 e. The highest BCUT2D eigenvalue weighted by molar-refractivity contribution is 7.20. The molecular formula is C19H17NO2S. The first-order valence-corrected chi connectivity index (χ1v) is 8.51. The zero-order valence-electron chi connectivity index (χ0n) is 12.6. The average molecular weight is 323 g/mol. The van der Waals surface area contributed by atoms with E-state index in [2.05, 4.69) is 5.32 Å². The van der Waals surface area contributed by atoms with Crippen molar-refractivity contribution in [3.63, 3.8) is 0 Å². The average Bonchev–Trinajstić information content (AvgIpc) is 3.12. The molecular weight excluding hydrogens is 306 g/mol. The molecule has 0 unspecified atom stereocenters. The fourth-order valence-electron chi connectivity index (χ4n) is 3.22. The molecule has 0 fully saturated rings. The van der Waals surface area contributed by atoms with Crippen molar-refractivity contribution in [3.8, 4) is 0 Å². The van der Waals surface area contributed by atoms with Gasteiger partial charge in [0.1, 0.15) is 0 Å². The molecule has 0 radical (unpaired) electrons. The lowest BCUT2D eigenvalue weighted by Crippen LogP contribution is -2.43. The van der Waals surface area contributed by atoms with Crippen molar-refractivity contribution in [2.45, 2.75) is 18.4 Å². The van der Waals surface area contributed by atoms with E-state index in [0.717, 1.165) is 10.1 Å². The smallest absolute Gasteiger partial charge is 0.261 e. The Morgan fingerprint density at radius 2 is 1.74 bits per heavy atom. The molecule has 1 aliphatic carbocycles. The van der Waals surface area contributed by atoms with Crippen LogP contribution in [-0.2, 0) is 12.8 Å². The third-order valence-corrected chi connectivity index (χ3v) is 5.50. The molecule has 4 heteroatoms. The fourth-order valence-corrected chi connectivity index (χ4v) is 4.20. The predicted molar refractivity (Wildman–Crippen MR) is 93.0 cm³/mol.